The molecule has 1 nitrogen and oxygen atoms in total. The Morgan fingerprint density at radius 1 is 1.24 bits per heavy atom. The minimum Gasteiger partial charge on any atom is -0.386 e. The Balaban J connectivity index is 2.07. The standard InChI is InChI=1S/C20H37N/c1-7-17-12-19(17)15(5)20(8-2,9-3)13-18-11-10-14(4)21-16(18)6/h10,15-19,21H,7-9,11-13H2,1-6H3. The third-order valence-electron chi connectivity index (χ3n) is 7.08. The lowest BCUT2D eigenvalue weighted by Gasteiger charge is -2.43. The van der Waals surface area contributed by atoms with Crippen LogP contribution in [0.15, 0.2) is 11.8 Å². The number of allylic oxidation sites excluding steroid dienone is 2. The Bertz CT molecular complexity index is 366. The first-order valence-corrected chi connectivity index (χ1v) is 9.40. The van der Waals surface area contributed by atoms with Crippen molar-refractivity contribution in [3.63, 3.8) is 0 Å². The molecule has 0 bridgehead atoms. The summed E-state index contributed by atoms with van der Waals surface area (Å²) in [5, 5.41) is 3.66. The van der Waals surface area contributed by atoms with Crippen molar-refractivity contribution in [2.24, 2.45) is 29.1 Å². The summed E-state index contributed by atoms with van der Waals surface area (Å²) in [6.07, 6.45) is 10.7. The lowest BCUT2D eigenvalue weighted by molar-refractivity contribution is 0.0826. The molecule has 0 aromatic rings. The zero-order chi connectivity index (χ0) is 15.6. The quantitative estimate of drug-likeness (QED) is 0.628. The van der Waals surface area contributed by atoms with Gasteiger partial charge < -0.3 is 5.32 Å². The predicted octanol–water partition coefficient (Wildman–Crippen LogP) is 5.77. The normalized spacial score (nSPS) is 34.1. The van der Waals surface area contributed by atoms with E-state index < -0.39 is 0 Å². The van der Waals surface area contributed by atoms with E-state index in [2.05, 4.69) is 52.9 Å². The van der Waals surface area contributed by atoms with Gasteiger partial charge in [-0.2, -0.15) is 0 Å². The highest BCUT2D eigenvalue weighted by molar-refractivity contribution is 5.06. The van der Waals surface area contributed by atoms with Crippen LogP contribution in [-0.2, 0) is 0 Å². The highest BCUT2D eigenvalue weighted by Crippen LogP contribution is 2.56. The second-order valence-corrected chi connectivity index (χ2v) is 7.95. The van der Waals surface area contributed by atoms with E-state index in [1.165, 1.54) is 44.2 Å². The highest BCUT2D eigenvalue weighted by Gasteiger charge is 2.48. The molecular formula is C20H37N. The molecule has 0 aromatic carbocycles. The molecule has 0 saturated heterocycles. The second-order valence-electron chi connectivity index (χ2n) is 7.95. The Kier molecular flexibility index (Phi) is 5.43. The van der Waals surface area contributed by atoms with Crippen LogP contribution in [-0.4, -0.2) is 6.04 Å². The number of hydrogen-bond donors (Lipinski definition) is 1. The fourth-order valence-corrected chi connectivity index (χ4v) is 5.03. The van der Waals surface area contributed by atoms with Crippen LogP contribution in [0.1, 0.15) is 80.1 Å². The third kappa shape index (κ3) is 3.48. The van der Waals surface area contributed by atoms with Gasteiger partial charge in [-0.25, -0.2) is 0 Å². The van der Waals surface area contributed by atoms with Crippen molar-refractivity contribution >= 4 is 0 Å². The molecule has 0 spiro atoms. The molecule has 1 N–H and O–H groups in total. The second kappa shape index (κ2) is 6.75. The SMILES string of the molecule is CCC1CC1C(C)C(CC)(CC)CC1CC=C(C)NC1C. The summed E-state index contributed by atoms with van der Waals surface area (Å²) < 4.78 is 0. The lowest BCUT2D eigenvalue weighted by atomic mass is 9.63. The van der Waals surface area contributed by atoms with E-state index in [1.807, 2.05) is 0 Å². The van der Waals surface area contributed by atoms with E-state index in [0.29, 0.717) is 11.5 Å². The van der Waals surface area contributed by atoms with Gasteiger partial charge in [0.25, 0.3) is 0 Å². The van der Waals surface area contributed by atoms with Crippen LogP contribution >= 0.6 is 0 Å². The minimum absolute atomic E-state index is 0.564. The summed E-state index contributed by atoms with van der Waals surface area (Å²) in [6.45, 7) is 14.4. The van der Waals surface area contributed by atoms with Crippen LogP contribution in [0.5, 0.6) is 0 Å². The predicted molar refractivity (Wildman–Crippen MR) is 93.1 cm³/mol. The maximum Gasteiger partial charge on any atom is 0.0261 e. The average Bonchev–Trinajstić information content (AvgIpc) is 3.26. The van der Waals surface area contributed by atoms with E-state index in [0.717, 1.165) is 23.7 Å². The fraction of sp³-hybridized carbons (Fsp3) is 0.900. The molecule has 1 aliphatic heterocycles. The Morgan fingerprint density at radius 2 is 1.90 bits per heavy atom. The van der Waals surface area contributed by atoms with Gasteiger partial charge in [-0.3, -0.25) is 0 Å². The number of nitrogens with one attached hydrogen (secondary N) is 1. The summed E-state index contributed by atoms with van der Waals surface area (Å²) >= 11 is 0. The number of rotatable bonds is 7. The topological polar surface area (TPSA) is 12.0 Å². The van der Waals surface area contributed by atoms with Crippen molar-refractivity contribution < 1.29 is 0 Å². The van der Waals surface area contributed by atoms with Gasteiger partial charge in [0.1, 0.15) is 0 Å². The van der Waals surface area contributed by atoms with Crippen LogP contribution in [0.3, 0.4) is 0 Å². The van der Waals surface area contributed by atoms with Gasteiger partial charge in [-0.05, 0) is 62.2 Å². The van der Waals surface area contributed by atoms with Gasteiger partial charge >= 0.3 is 0 Å². The molecule has 5 atom stereocenters. The molecule has 1 heterocycles. The number of hydrogen-bond acceptors (Lipinski definition) is 1. The zero-order valence-electron chi connectivity index (χ0n) is 15.2. The molecule has 2 aliphatic rings. The molecular weight excluding hydrogens is 254 g/mol. The molecule has 21 heavy (non-hydrogen) atoms. The van der Waals surface area contributed by atoms with Crippen LogP contribution in [0.2, 0.25) is 0 Å². The van der Waals surface area contributed by atoms with Gasteiger partial charge in [0, 0.05) is 11.7 Å². The zero-order valence-corrected chi connectivity index (χ0v) is 15.2. The van der Waals surface area contributed by atoms with Crippen molar-refractivity contribution in [1.29, 1.82) is 0 Å². The van der Waals surface area contributed by atoms with Crippen molar-refractivity contribution in [1.82, 2.24) is 5.32 Å². The molecule has 0 radical (unpaired) electrons. The van der Waals surface area contributed by atoms with E-state index >= 15 is 0 Å². The molecule has 122 valence electrons. The van der Waals surface area contributed by atoms with E-state index in [4.69, 9.17) is 0 Å². The van der Waals surface area contributed by atoms with Crippen molar-refractivity contribution in [2.45, 2.75) is 86.1 Å². The van der Waals surface area contributed by atoms with Gasteiger partial charge in [0.2, 0.25) is 0 Å². The maximum atomic E-state index is 3.66. The monoisotopic (exact) mass is 291 g/mol. The Labute approximate surface area is 133 Å². The molecule has 1 fully saturated rings. The molecule has 1 heteroatoms. The smallest absolute Gasteiger partial charge is 0.0261 e. The van der Waals surface area contributed by atoms with Crippen LogP contribution in [0, 0.1) is 29.1 Å². The summed E-state index contributed by atoms with van der Waals surface area (Å²) in [6, 6.07) is 0.640. The van der Waals surface area contributed by atoms with E-state index in [-0.39, 0.29) is 0 Å². The molecule has 0 aromatic heterocycles. The van der Waals surface area contributed by atoms with Crippen LogP contribution < -0.4 is 5.32 Å². The first-order chi connectivity index (χ1) is 9.97. The summed E-state index contributed by atoms with van der Waals surface area (Å²) in [7, 11) is 0. The first-order valence-electron chi connectivity index (χ1n) is 9.40. The van der Waals surface area contributed by atoms with Gasteiger partial charge in [0.05, 0.1) is 0 Å². The van der Waals surface area contributed by atoms with Crippen molar-refractivity contribution in [3.8, 4) is 0 Å². The molecule has 5 unspecified atom stereocenters. The van der Waals surface area contributed by atoms with E-state index in [9.17, 15) is 0 Å². The van der Waals surface area contributed by atoms with Gasteiger partial charge in [-0.15, -0.1) is 0 Å². The summed E-state index contributed by atoms with van der Waals surface area (Å²) in [5.41, 5.74) is 1.94. The molecule has 0 amide bonds. The average molecular weight is 292 g/mol. The lowest BCUT2D eigenvalue weighted by Crippen LogP contribution is -2.41. The van der Waals surface area contributed by atoms with Gasteiger partial charge in [0.15, 0.2) is 0 Å². The van der Waals surface area contributed by atoms with E-state index in [1.54, 1.807) is 0 Å². The van der Waals surface area contributed by atoms with Gasteiger partial charge in [-0.1, -0.05) is 53.0 Å². The third-order valence-corrected chi connectivity index (χ3v) is 7.08. The maximum absolute atomic E-state index is 3.66. The van der Waals surface area contributed by atoms with Crippen molar-refractivity contribution in [2.75, 3.05) is 0 Å². The summed E-state index contributed by atoms with van der Waals surface area (Å²) in [5.74, 6) is 3.76. The molecule has 1 aliphatic carbocycles. The van der Waals surface area contributed by atoms with Crippen LogP contribution in [0.4, 0.5) is 0 Å². The summed E-state index contributed by atoms with van der Waals surface area (Å²) in [4.78, 5) is 0. The fourth-order valence-electron chi connectivity index (χ4n) is 5.03. The Morgan fingerprint density at radius 3 is 2.38 bits per heavy atom. The van der Waals surface area contributed by atoms with Crippen molar-refractivity contribution in [3.05, 3.63) is 11.8 Å². The minimum atomic E-state index is 0.564. The molecule has 2 rings (SSSR count). The Hall–Kier alpha value is -0.460. The highest BCUT2D eigenvalue weighted by atomic mass is 14.9. The first kappa shape index (κ1) is 16.9. The van der Waals surface area contributed by atoms with Crippen LogP contribution in [0.25, 0.3) is 0 Å². The largest absolute Gasteiger partial charge is 0.386 e. The molecule has 1 saturated carbocycles.